The Hall–Kier alpha value is -4.66. The zero-order valence-electron chi connectivity index (χ0n) is 31.3. The van der Waals surface area contributed by atoms with Crippen LogP contribution in [-0.4, -0.2) is 30.6 Å². The number of unbranched alkanes of at least 4 members (excludes halogenated alkanes) is 6. The number of hydrogen-bond acceptors (Lipinski definition) is 3. The minimum Gasteiger partial charge on any atom is -0.378 e. The highest BCUT2D eigenvalue weighted by atomic mass is 16.3. The molecule has 0 radical (unpaired) electrons. The Balaban J connectivity index is 1.66. The molecular weight excluding hydrogens is 625 g/mol. The molecule has 5 heterocycles. The van der Waals surface area contributed by atoms with Gasteiger partial charge in [-0.3, -0.25) is 0 Å². The predicted molar refractivity (Wildman–Crippen MR) is 217 cm³/mol. The van der Waals surface area contributed by atoms with Gasteiger partial charge in [-0.15, -0.1) is 0 Å². The van der Waals surface area contributed by atoms with E-state index in [1.165, 1.54) is 55.2 Å². The number of nitrogens with zero attached hydrogens (tertiary/aromatic N) is 2. The molecule has 8 bridgehead atoms. The van der Waals surface area contributed by atoms with E-state index in [0.717, 1.165) is 100 Å². The van der Waals surface area contributed by atoms with Crippen molar-refractivity contribution in [2.24, 2.45) is 0 Å². The van der Waals surface area contributed by atoms with Gasteiger partial charge >= 0.3 is 0 Å². The molecule has 5 heteroatoms. The van der Waals surface area contributed by atoms with E-state index in [2.05, 4.69) is 103 Å². The second-order valence-electron chi connectivity index (χ2n) is 14.6. The van der Waals surface area contributed by atoms with Gasteiger partial charge < -0.3 is 15.1 Å². The largest absolute Gasteiger partial charge is 0.378 e. The zero-order chi connectivity index (χ0) is 35.8. The fourth-order valence-corrected chi connectivity index (χ4v) is 7.08. The molecule has 0 amide bonds. The maximum atomic E-state index is 10.2. The Morgan fingerprint density at radius 2 is 0.961 bits per heavy atom. The number of aromatic amines is 2. The Morgan fingerprint density at radius 1 is 0.549 bits per heavy atom. The Labute approximate surface area is 304 Å². The van der Waals surface area contributed by atoms with Crippen LogP contribution in [0.2, 0.25) is 0 Å². The van der Waals surface area contributed by atoms with Gasteiger partial charge in [-0.1, -0.05) is 83.3 Å². The SMILES string of the molecule is CCCCCc1c2nc(c(CCCCC)c3ccc([nH]3)c(-c3ccc(C#CC(C)(C)O)cc3)c3ccc([nH]3)c(CCCCC)c3nc1C=C3)C=C2. The molecule has 5 nitrogen and oxygen atoms in total. The van der Waals surface area contributed by atoms with Gasteiger partial charge in [0.25, 0.3) is 0 Å². The lowest BCUT2D eigenvalue weighted by molar-refractivity contribution is 0.143. The molecule has 0 unspecified atom stereocenters. The van der Waals surface area contributed by atoms with Gasteiger partial charge in [0.15, 0.2) is 0 Å². The summed E-state index contributed by atoms with van der Waals surface area (Å²) in [5, 5.41) is 10.2. The third-order valence-electron chi connectivity index (χ3n) is 9.85. The lowest BCUT2D eigenvalue weighted by Gasteiger charge is -2.07. The number of aryl methyl sites for hydroxylation is 2. The monoisotopic (exact) mass is 678 g/mol. The standard InChI is InChI=1S/C46H54N4O/c1-6-9-12-15-34-37-22-24-39(47-37)35(16-13-10-7-2)41-26-28-43(49-41)45(33-20-18-32(19-21-33)30-31-46(4,5)51)44-29-27-42(50-44)36(17-14-11-8-3)40-25-23-38(34)48-40/h18-29,49-51H,6-17H2,1-5H3. The molecule has 0 fully saturated rings. The maximum absolute atomic E-state index is 10.2. The summed E-state index contributed by atoms with van der Waals surface area (Å²) in [4.78, 5) is 18.4. The summed E-state index contributed by atoms with van der Waals surface area (Å²) < 4.78 is 0. The van der Waals surface area contributed by atoms with Crippen molar-refractivity contribution in [3.63, 3.8) is 0 Å². The highest BCUT2D eigenvalue weighted by Crippen LogP contribution is 2.33. The molecule has 51 heavy (non-hydrogen) atoms. The molecule has 0 saturated carbocycles. The summed E-state index contributed by atoms with van der Waals surface area (Å²) in [6.45, 7) is 10.2. The van der Waals surface area contributed by atoms with Crippen molar-refractivity contribution >= 4 is 46.4 Å². The van der Waals surface area contributed by atoms with Crippen LogP contribution in [0.3, 0.4) is 0 Å². The number of aromatic nitrogens is 4. The van der Waals surface area contributed by atoms with Crippen LogP contribution >= 0.6 is 0 Å². The minimum absolute atomic E-state index is 0.870. The number of benzene rings is 1. The molecule has 1 aromatic carbocycles. The summed E-state index contributed by atoms with van der Waals surface area (Å²) in [5.74, 6) is 6.07. The first kappa shape index (κ1) is 36.1. The van der Waals surface area contributed by atoms with Crippen molar-refractivity contribution in [2.45, 2.75) is 117 Å². The molecule has 0 spiro atoms. The average molecular weight is 679 g/mol. The minimum atomic E-state index is -1.04. The number of rotatable bonds is 13. The summed E-state index contributed by atoms with van der Waals surface area (Å²) in [6.07, 6.45) is 22.2. The van der Waals surface area contributed by atoms with Gasteiger partial charge in [0.05, 0.1) is 22.8 Å². The van der Waals surface area contributed by atoms with E-state index < -0.39 is 5.60 Å². The van der Waals surface area contributed by atoms with E-state index >= 15 is 0 Å². The van der Waals surface area contributed by atoms with E-state index in [0.29, 0.717) is 0 Å². The third-order valence-corrected chi connectivity index (χ3v) is 9.85. The van der Waals surface area contributed by atoms with Crippen LogP contribution in [0.5, 0.6) is 0 Å². The summed E-state index contributed by atoms with van der Waals surface area (Å²) in [7, 11) is 0. The second kappa shape index (κ2) is 16.6. The van der Waals surface area contributed by atoms with Crippen molar-refractivity contribution in [1.29, 1.82) is 0 Å². The first-order valence-corrected chi connectivity index (χ1v) is 19.3. The number of nitrogens with one attached hydrogen (secondary N) is 2. The molecule has 2 aliphatic rings. The molecule has 3 N–H and O–H groups in total. The van der Waals surface area contributed by atoms with Gasteiger partial charge in [-0.05, 0) is 119 Å². The number of aliphatic hydroxyl groups is 1. The Morgan fingerprint density at radius 3 is 1.39 bits per heavy atom. The smallest absolute Gasteiger partial charge is 0.120 e. The van der Waals surface area contributed by atoms with Gasteiger partial charge in [-0.25, -0.2) is 9.97 Å². The van der Waals surface area contributed by atoms with Gasteiger partial charge in [0.2, 0.25) is 0 Å². The van der Waals surface area contributed by atoms with Crippen LogP contribution in [-0.2, 0) is 19.3 Å². The topological polar surface area (TPSA) is 77.6 Å². The molecule has 0 saturated heterocycles. The first-order valence-electron chi connectivity index (χ1n) is 19.3. The van der Waals surface area contributed by atoms with Crippen LogP contribution in [0.15, 0.2) is 48.5 Å². The van der Waals surface area contributed by atoms with Crippen molar-refractivity contribution in [3.8, 4) is 23.0 Å². The Bertz CT molecular complexity index is 2020. The average Bonchev–Trinajstić information content (AvgIpc) is 3.95. The summed E-state index contributed by atoms with van der Waals surface area (Å²) >= 11 is 0. The molecule has 2 aliphatic heterocycles. The number of hydrogen-bond donors (Lipinski definition) is 3. The van der Waals surface area contributed by atoms with Crippen molar-refractivity contribution in [3.05, 3.63) is 93.6 Å². The van der Waals surface area contributed by atoms with Crippen LogP contribution in [0, 0.1) is 11.8 Å². The molecule has 3 aromatic heterocycles. The maximum Gasteiger partial charge on any atom is 0.120 e. The van der Waals surface area contributed by atoms with Crippen LogP contribution in [0.4, 0.5) is 0 Å². The van der Waals surface area contributed by atoms with Crippen LogP contribution < -0.4 is 0 Å². The highest BCUT2D eigenvalue weighted by molar-refractivity contribution is 5.94. The molecule has 0 aliphatic carbocycles. The van der Waals surface area contributed by atoms with Gasteiger partial charge in [0.1, 0.15) is 5.60 Å². The fourth-order valence-electron chi connectivity index (χ4n) is 7.08. The molecule has 264 valence electrons. The molecule has 4 aromatic rings. The van der Waals surface area contributed by atoms with E-state index in [1.54, 1.807) is 13.8 Å². The number of fused-ring (bicyclic) bond motifs is 8. The lowest BCUT2D eigenvalue weighted by atomic mass is 10.0. The second-order valence-corrected chi connectivity index (χ2v) is 14.6. The van der Waals surface area contributed by atoms with E-state index in [4.69, 9.17) is 9.97 Å². The quantitative estimate of drug-likeness (QED) is 0.0840. The van der Waals surface area contributed by atoms with Crippen LogP contribution in [0.25, 0.3) is 57.5 Å². The molecule has 6 rings (SSSR count). The summed E-state index contributed by atoms with van der Waals surface area (Å²) in [6, 6.07) is 17.2. The van der Waals surface area contributed by atoms with E-state index in [-0.39, 0.29) is 0 Å². The van der Waals surface area contributed by atoms with E-state index in [9.17, 15) is 5.11 Å². The fraction of sp³-hybridized carbons (Fsp3) is 0.391. The molecule has 0 atom stereocenters. The predicted octanol–water partition coefficient (Wildman–Crippen LogP) is 11.6. The van der Waals surface area contributed by atoms with Crippen molar-refractivity contribution in [1.82, 2.24) is 19.9 Å². The van der Waals surface area contributed by atoms with E-state index in [1.807, 2.05) is 12.1 Å². The third kappa shape index (κ3) is 8.81. The van der Waals surface area contributed by atoms with Gasteiger partial charge in [0, 0.05) is 49.9 Å². The normalized spacial score (nSPS) is 12.4. The number of H-pyrrole nitrogens is 2. The van der Waals surface area contributed by atoms with Crippen LogP contribution in [0.1, 0.15) is 137 Å². The summed E-state index contributed by atoms with van der Waals surface area (Å²) in [5.41, 5.74) is 14.3. The first-order chi connectivity index (χ1) is 24.8. The van der Waals surface area contributed by atoms with Crippen molar-refractivity contribution in [2.75, 3.05) is 0 Å². The Kier molecular flexibility index (Phi) is 11.7. The zero-order valence-corrected chi connectivity index (χ0v) is 31.3. The van der Waals surface area contributed by atoms with Crippen molar-refractivity contribution < 1.29 is 5.11 Å². The highest BCUT2D eigenvalue weighted by Gasteiger charge is 2.17. The lowest BCUT2D eigenvalue weighted by Crippen LogP contribution is -2.14. The molecular formula is C46H54N4O. The van der Waals surface area contributed by atoms with Gasteiger partial charge in [-0.2, -0.15) is 0 Å².